The fourth-order valence-electron chi connectivity index (χ4n) is 3.76. The lowest BCUT2D eigenvalue weighted by atomic mass is 10.2. The van der Waals surface area contributed by atoms with Crippen molar-refractivity contribution in [2.24, 2.45) is 11.7 Å². The van der Waals surface area contributed by atoms with Crippen LogP contribution in [0.4, 0.5) is 0 Å². The minimum Gasteiger partial charge on any atom is -0.368 e. The number of nitrogens with zero attached hydrogens (tertiary/aromatic N) is 3. The van der Waals surface area contributed by atoms with Crippen molar-refractivity contribution in [1.82, 2.24) is 14.5 Å². The number of sulfone groups is 1. The van der Waals surface area contributed by atoms with Gasteiger partial charge in [0.2, 0.25) is 20.9 Å². The normalized spacial score (nSPS) is 18.0. The summed E-state index contributed by atoms with van der Waals surface area (Å²) in [6.45, 7) is 5.38. The first-order valence-electron chi connectivity index (χ1n) is 9.62. The molecule has 2 heterocycles. The summed E-state index contributed by atoms with van der Waals surface area (Å²) in [4.78, 5) is 18.0. The quantitative estimate of drug-likeness (QED) is 0.723. The molecule has 0 radical (unpaired) electrons. The van der Waals surface area contributed by atoms with Crippen LogP contribution in [0, 0.1) is 5.92 Å². The molecule has 1 aliphatic heterocycles. The van der Waals surface area contributed by atoms with Crippen LogP contribution in [0.25, 0.3) is 0 Å². The maximum Gasteiger partial charge on any atom is 0.234 e. The Hall–Kier alpha value is -2.19. The van der Waals surface area contributed by atoms with Crippen molar-refractivity contribution in [3.05, 3.63) is 47.8 Å². The molecule has 1 aromatic heterocycles. The van der Waals surface area contributed by atoms with Crippen molar-refractivity contribution in [3.8, 4) is 0 Å². The molecular weight excluding hydrogens is 376 g/mol. The van der Waals surface area contributed by atoms with Gasteiger partial charge in [-0.2, -0.15) is 0 Å². The summed E-state index contributed by atoms with van der Waals surface area (Å²) in [6.07, 6.45) is 3.26. The minimum atomic E-state index is -3.51. The highest BCUT2D eigenvalue weighted by Crippen LogP contribution is 2.23. The average molecular weight is 405 g/mol. The van der Waals surface area contributed by atoms with Crippen molar-refractivity contribution >= 4 is 15.7 Å². The summed E-state index contributed by atoms with van der Waals surface area (Å²) in [7, 11) is -3.51. The minimum absolute atomic E-state index is 0.00755. The van der Waals surface area contributed by atoms with Crippen LogP contribution in [0.2, 0.25) is 0 Å². The number of amides is 1. The van der Waals surface area contributed by atoms with Crippen LogP contribution in [0.3, 0.4) is 0 Å². The number of primary amides is 1. The Bertz CT molecular complexity index is 922. The zero-order valence-corrected chi connectivity index (χ0v) is 17.2. The van der Waals surface area contributed by atoms with Gasteiger partial charge in [-0.15, -0.1) is 0 Å². The van der Waals surface area contributed by atoms with E-state index in [4.69, 9.17) is 5.73 Å². The Kier molecular flexibility index (Phi) is 6.20. The van der Waals surface area contributed by atoms with Crippen molar-refractivity contribution in [2.75, 3.05) is 12.3 Å². The molecule has 1 aromatic carbocycles. The van der Waals surface area contributed by atoms with Gasteiger partial charge < -0.3 is 10.3 Å². The molecule has 3 rings (SSSR count). The number of imidazole rings is 1. The van der Waals surface area contributed by atoms with E-state index in [2.05, 4.69) is 4.98 Å². The van der Waals surface area contributed by atoms with E-state index in [1.807, 2.05) is 49.1 Å². The summed E-state index contributed by atoms with van der Waals surface area (Å²) in [6, 6.07) is 9.40. The zero-order chi connectivity index (χ0) is 20.3. The van der Waals surface area contributed by atoms with Gasteiger partial charge in [0.1, 0.15) is 0 Å². The first-order chi connectivity index (χ1) is 13.3. The van der Waals surface area contributed by atoms with E-state index in [0.29, 0.717) is 13.1 Å². The molecule has 1 amide bonds. The van der Waals surface area contributed by atoms with Crippen LogP contribution in [-0.2, 0) is 27.7 Å². The largest absolute Gasteiger partial charge is 0.368 e. The predicted octanol–water partition coefficient (Wildman–Crippen LogP) is 1.81. The summed E-state index contributed by atoms with van der Waals surface area (Å²) in [5.41, 5.74) is 7.31. The molecule has 8 heteroatoms. The second-order valence-electron chi connectivity index (χ2n) is 7.81. The molecule has 1 fully saturated rings. The van der Waals surface area contributed by atoms with Gasteiger partial charge in [0.25, 0.3) is 0 Å². The van der Waals surface area contributed by atoms with Crippen LogP contribution < -0.4 is 5.73 Å². The van der Waals surface area contributed by atoms with Gasteiger partial charge >= 0.3 is 0 Å². The van der Waals surface area contributed by atoms with Gasteiger partial charge in [-0.3, -0.25) is 9.69 Å². The fraction of sp³-hybridized carbons (Fsp3) is 0.500. The Morgan fingerprint density at radius 3 is 2.61 bits per heavy atom. The third kappa shape index (κ3) is 4.62. The number of benzene rings is 1. The lowest BCUT2D eigenvalue weighted by molar-refractivity contribution is -0.122. The summed E-state index contributed by atoms with van der Waals surface area (Å²) < 4.78 is 27.6. The molecule has 1 atom stereocenters. The van der Waals surface area contributed by atoms with Gasteiger partial charge in [-0.05, 0) is 30.9 Å². The fourth-order valence-corrected chi connectivity index (χ4v) is 5.52. The molecule has 0 spiro atoms. The van der Waals surface area contributed by atoms with E-state index < -0.39 is 9.84 Å². The number of hydrogen-bond donors (Lipinski definition) is 1. The van der Waals surface area contributed by atoms with Crippen molar-refractivity contribution in [3.63, 3.8) is 0 Å². The Morgan fingerprint density at radius 1 is 1.25 bits per heavy atom. The number of rotatable bonds is 8. The Balaban J connectivity index is 1.96. The second-order valence-corrected chi connectivity index (χ2v) is 9.74. The van der Waals surface area contributed by atoms with Crippen molar-refractivity contribution < 1.29 is 13.2 Å². The van der Waals surface area contributed by atoms with Crippen LogP contribution in [-0.4, -0.2) is 47.1 Å². The van der Waals surface area contributed by atoms with E-state index in [1.165, 1.54) is 0 Å². The van der Waals surface area contributed by atoms with Crippen LogP contribution in [0.15, 0.2) is 41.7 Å². The molecule has 0 bridgehead atoms. The smallest absolute Gasteiger partial charge is 0.234 e. The van der Waals surface area contributed by atoms with Crippen LogP contribution in [0.1, 0.15) is 37.9 Å². The topological polar surface area (TPSA) is 98.3 Å². The molecule has 2 aromatic rings. The Morgan fingerprint density at radius 2 is 1.96 bits per heavy atom. The van der Waals surface area contributed by atoms with Gasteiger partial charge in [0, 0.05) is 6.54 Å². The van der Waals surface area contributed by atoms with Crippen LogP contribution >= 0.6 is 0 Å². The highest BCUT2D eigenvalue weighted by Gasteiger charge is 2.31. The summed E-state index contributed by atoms with van der Waals surface area (Å²) in [5.74, 6) is -0.279. The number of hydrogen-bond acceptors (Lipinski definition) is 5. The maximum absolute atomic E-state index is 12.9. The summed E-state index contributed by atoms with van der Waals surface area (Å²) in [5, 5.41) is 0.0925. The number of nitrogens with two attached hydrogens (primary N) is 1. The predicted molar refractivity (Wildman–Crippen MR) is 107 cm³/mol. The molecule has 0 unspecified atom stereocenters. The Labute approximate surface area is 166 Å². The monoisotopic (exact) mass is 404 g/mol. The van der Waals surface area contributed by atoms with Crippen molar-refractivity contribution in [1.29, 1.82) is 0 Å². The van der Waals surface area contributed by atoms with E-state index in [9.17, 15) is 13.2 Å². The summed E-state index contributed by atoms with van der Waals surface area (Å²) >= 11 is 0. The van der Waals surface area contributed by atoms with Gasteiger partial charge in [-0.25, -0.2) is 13.4 Å². The van der Waals surface area contributed by atoms with Gasteiger partial charge in [-0.1, -0.05) is 44.2 Å². The number of carbonyl (C=O) groups excluding carboxylic acids is 1. The zero-order valence-electron chi connectivity index (χ0n) is 16.4. The molecule has 7 nitrogen and oxygen atoms in total. The third-order valence-electron chi connectivity index (χ3n) is 4.97. The third-order valence-corrected chi connectivity index (χ3v) is 6.96. The van der Waals surface area contributed by atoms with E-state index >= 15 is 0 Å². The first kappa shape index (κ1) is 20.5. The average Bonchev–Trinajstić information content (AvgIpc) is 3.23. The van der Waals surface area contributed by atoms with Gasteiger partial charge in [0.15, 0.2) is 0 Å². The highest BCUT2D eigenvalue weighted by atomic mass is 32.2. The number of likely N-dealkylation sites (tertiary alicyclic amines) is 1. The molecule has 2 N–H and O–H groups in total. The van der Waals surface area contributed by atoms with Crippen LogP contribution in [0.5, 0.6) is 0 Å². The molecule has 152 valence electrons. The molecule has 0 aliphatic carbocycles. The molecule has 1 saturated heterocycles. The van der Waals surface area contributed by atoms with E-state index in [0.717, 1.165) is 30.6 Å². The maximum atomic E-state index is 12.9. The lowest BCUT2D eigenvalue weighted by Gasteiger charge is -2.22. The van der Waals surface area contributed by atoms with Gasteiger partial charge in [0.05, 0.1) is 30.2 Å². The van der Waals surface area contributed by atoms with E-state index in [1.54, 1.807) is 10.8 Å². The number of aromatic nitrogens is 2. The number of carbonyl (C=O) groups is 1. The standard InChI is InChI=1S/C20H28N4O3S/c1-15(2)14-28(26,27)20-22-11-17(13-23-10-6-9-18(23)19(21)25)24(20)12-16-7-4-3-5-8-16/h3-5,7-8,11,15,18H,6,9-10,12-14H2,1-2H3,(H2,21,25)/t18-/m0/s1. The molecule has 28 heavy (non-hydrogen) atoms. The molecule has 0 saturated carbocycles. The van der Waals surface area contributed by atoms with E-state index in [-0.39, 0.29) is 28.8 Å². The SMILES string of the molecule is CC(C)CS(=O)(=O)c1ncc(CN2CCC[C@H]2C(N)=O)n1Cc1ccccc1. The second kappa shape index (κ2) is 8.45. The molecular formula is C20H28N4O3S. The highest BCUT2D eigenvalue weighted by molar-refractivity contribution is 7.91. The first-order valence-corrected chi connectivity index (χ1v) is 11.3. The lowest BCUT2D eigenvalue weighted by Crippen LogP contribution is -2.40. The van der Waals surface area contributed by atoms with Crippen molar-refractivity contribution in [2.45, 2.75) is 51.0 Å². The molecule has 1 aliphatic rings.